The molecule has 0 saturated heterocycles. The number of unbranched alkanes of at least 4 members (excludes halogenated alkanes) is 2. The van der Waals surface area contributed by atoms with Gasteiger partial charge in [-0.15, -0.1) is 0 Å². The predicted octanol–water partition coefficient (Wildman–Crippen LogP) is 3.16. The number of rotatable bonds is 3. The molecular weight excluding hydrogens is 196 g/mol. The van der Waals surface area contributed by atoms with Crippen LogP contribution in [-0.2, 0) is 0 Å². The largest absolute Gasteiger partial charge is 0.331 e. The first-order valence-electron chi connectivity index (χ1n) is 6.21. The maximum absolute atomic E-state index is 4.85. The lowest BCUT2D eigenvalue weighted by molar-refractivity contribution is 0.813. The van der Waals surface area contributed by atoms with Crippen molar-refractivity contribution >= 4 is 0 Å². The Balaban J connectivity index is 0. The van der Waals surface area contributed by atoms with E-state index < -0.39 is 0 Å². The second-order valence-electron chi connectivity index (χ2n) is 3.38. The third-order valence-electron chi connectivity index (χ3n) is 1.63. The Morgan fingerprint density at radius 3 is 1.81 bits per heavy atom. The molecule has 0 amide bonds. The summed E-state index contributed by atoms with van der Waals surface area (Å²) in [7, 11) is 0. The normalized spacial score (nSPS) is 11.4. The van der Waals surface area contributed by atoms with E-state index in [4.69, 9.17) is 11.5 Å². The van der Waals surface area contributed by atoms with E-state index in [2.05, 4.69) is 37.3 Å². The van der Waals surface area contributed by atoms with E-state index in [1.54, 1.807) is 0 Å². The van der Waals surface area contributed by atoms with Crippen LogP contribution in [0.2, 0.25) is 0 Å². The van der Waals surface area contributed by atoms with Gasteiger partial charge < -0.3 is 11.5 Å². The summed E-state index contributed by atoms with van der Waals surface area (Å²) in [6.45, 7) is 7.53. The van der Waals surface area contributed by atoms with Crippen LogP contribution >= 0.6 is 0 Å². The van der Waals surface area contributed by atoms with Crippen molar-refractivity contribution < 1.29 is 0 Å². The molecule has 0 saturated carbocycles. The molecule has 2 heteroatoms. The molecule has 0 unspecified atom stereocenters. The zero-order chi connectivity index (χ0) is 12.6. The van der Waals surface area contributed by atoms with E-state index in [0.717, 1.165) is 13.1 Å². The average molecular weight is 224 g/mol. The maximum Gasteiger partial charge on any atom is -0.0106 e. The van der Waals surface area contributed by atoms with Gasteiger partial charge in [0.25, 0.3) is 0 Å². The van der Waals surface area contributed by atoms with Crippen molar-refractivity contribution in [3.63, 3.8) is 0 Å². The minimum absolute atomic E-state index is 0.750. The van der Waals surface area contributed by atoms with Crippen LogP contribution in [0.4, 0.5) is 0 Å². The molecule has 94 valence electrons. The summed E-state index contributed by atoms with van der Waals surface area (Å²) in [6.07, 6.45) is 14.6. The lowest BCUT2D eigenvalue weighted by Crippen LogP contribution is -1.87. The van der Waals surface area contributed by atoms with Crippen LogP contribution in [0.1, 0.15) is 40.0 Å². The first-order chi connectivity index (χ1) is 7.76. The van der Waals surface area contributed by atoms with E-state index in [1.807, 2.05) is 13.8 Å². The van der Waals surface area contributed by atoms with E-state index in [0.29, 0.717) is 0 Å². The Labute approximate surface area is 101 Å². The van der Waals surface area contributed by atoms with Crippen molar-refractivity contribution in [1.82, 2.24) is 0 Å². The Bertz CT molecular complexity index is 187. The first-order valence-corrected chi connectivity index (χ1v) is 6.21. The van der Waals surface area contributed by atoms with Crippen LogP contribution in [0.5, 0.6) is 0 Å². The standard InChI is InChI=1S/C10H14.2C2H7N/c1-2-3-4-7-10-8-5-6-9-10;2*1-2-3/h5-9H,2-4H2,1H3;2*2-3H2,1H3. The van der Waals surface area contributed by atoms with Crippen LogP contribution in [-0.4, -0.2) is 13.1 Å². The molecule has 0 fully saturated rings. The monoisotopic (exact) mass is 224 g/mol. The highest BCUT2D eigenvalue weighted by Gasteiger charge is 1.88. The van der Waals surface area contributed by atoms with E-state index in [9.17, 15) is 0 Å². The maximum atomic E-state index is 4.85. The summed E-state index contributed by atoms with van der Waals surface area (Å²) in [5, 5.41) is 0. The van der Waals surface area contributed by atoms with Crippen molar-refractivity contribution in [1.29, 1.82) is 0 Å². The highest BCUT2D eigenvalue weighted by atomic mass is 14.5. The molecule has 0 spiro atoms. The van der Waals surface area contributed by atoms with Gasteiger partial charge in [-0.3, -0.25) is 0 Å². The van der Waals surface area contributed by atoms with Gasteiger partial charge in [0, 0.05) is 0 Å². The van der Waals surface area contributed by atoms with E-state index >= 15 is 0 Å². The van der Waals surface area contributed by atoms with Gasteiger partial charge in [0.05, 0.1) is 0 Å². The fraction of sp³-hybridized carbons (Fsp3) is 0.571. The molecule has 1 rings (SSSR count). The molecule has 4 N–H and O–H groups in total. The summed E-state index contributed by atoms with van der Waals surface area (Å²) < 4.78 is 0. The second-order valence-corrected chi connectivity index (χ2v) is 3.38. The topological polar surface area (TPSA) is 52.0 Å². The lowest BCUT2D eigenvalue weighted by Gasteiger charge is -1.90. The van der Waals surface area contributed by atoms with Crippen LogP contribution in [0.3, 0.4) is 0 Å². The summed E-state index contributed by atoms with van der Waals surface area (Å²) >= 11 is 0. The SMILES string of the molecule is CCCCC=C1C=CC=C1.CCN.CCN. The summed E-state index contributed by atoms with van der Waals surface area (Å²) in [5.41, 5.74) is 11.1. The fourth-order valence-corrected chi connectivity index (χ4v) is 0.998. The molecule has 0 aromatic carbocycles. The van der Waals surface area contributed by atoms with Crippen molar-refractivity contribution in [3.8, 4) is 0 Å². The molecule has 16 heavy (non-hydrogen) atoms. The molecule has 1 aliphatic rings. The zero-order valence-corrected chi connectivity index (χ0v) is 11.1. The number of nitrogens with two attached hydrogens (primary N) is 2. The average Bonchev–Trinajstić information content (AvgIpc) is 2.73. The Morgan fingerprint density at radius 2 is 1.44 bits per heavy atom. The van der Waals surface area contributed by atoms with Gasteiger partial charge in [-0.25, -0.2) is 0 Å². The minimum atomic E-state index is 0.750. The molecule has 0 aliphatic heterocycles. The Morgan fingerprint density at radius 1 is 1.00 bits per heavy atom. The van der Waals surface area contributed by atoms with Gasteiger partial charge in [-0.05, 0) is 25.1 Å². The van der Waals surface area contributed by atoms with Gasteiger partial charge in [0.15, 0.2) is 0 Å². The minimum Gasteiger partial charge on any atom is -0.331 e. The number of hydrogen-bond donors (Lipinski definition) is 2. The zero-order valence-electron chi connectivity index (χ0n) is 11.1. The number of allylic oxidation sites excluding steroid dienone is 6. The van der Waals surface area contributed by atoms with Crippen LogP contribution in [0.15, 0.2) is 36.0 Å². The molecule has 0 aromatic heterocycles. The summed E-state index contributed by atoms with van der Waals surface area (Å²) in [4.78, 5) is 0. The van der Waals surface area contributed by atoms with Crippen molar-refractivity contribution in [2.75, 3.05) is 13.1 Å². The molecular formula is C14H28N2. The van der Waals surface area contributed by atoms with Crippen molar-refractivity contribution in [2.24, 2.45) is 11.5 Å². The lowest BCUT2D eigenvalue weighted by atomic mass is 10.2. The fourth-order valence-electron chi connectivity index (χ4n) is 0.998. The second kappa shape index (κ2) is 16.6. The van der Waals surface area contributed by atoms with Gasteiger partial charge in [0.1, 0.15) is 0 Å². The van der Waals surface area contributed by atoms with Gasteiger partial charge in [0.2, 0.25) is 0 Å². The predicted molar refractivity (Wildman–Crippen MR) is 75.3 cm³/mol. The third kappa shape index (κ3) is 15.6. The van der Waals surface area contributed by atoms with Gasteiger partial charge >= 0.3 is 0 Å². The molecule has 0 heterocycles. The quantitative estimate of drug-likeness (QED) is 0.723. The molecule has 0 atom stereocenters. The molecule has 0 radical (unpaired) electrons. The summed E-state index contributed by atoms with van der Waals surface area (Å²) in [5.74, 6) is 0. The smallest absolute Gasteiger partial charge is 0.0106 e. The highest BCUT2D eigenvalue weighted by Crippen LogP contribution is 2.09. The van der Waals surface area contributed by atoms with Gasteiger partial charge in [-0.2, -0.15) is 0 Å². The van der Waals surface area contributed by atoms with Crippen LogP contribution in [0, 0.1) is 0 Å². The molecule has 2 nitrogen and oxygen atoms in total. The van der Waals surface area contributed by atoms with Crippen LogP contribution < -0.4 is 11.5 Å². The third-order valence-corrected chi connectivity index (χ3v) is 1.63. The van der Waals surface area contributed by atoms with E-state index in [1.165, 1.54) is 24.8 Å². The molecule has 1 aliphatic carbocycles. The first kappa shape index (κ1) is 17.5. The van der Waals surface area contributed by atoms with Crippen LogP contribution in [0.25, 0.3) is 0 Å². The number of hydrogen-bond acceptors (Lipinski definition) is 2. The Hall–Kier alpha value is -0.860. The van der Waals surface area contributed by atoms with E-state index in [-0.39, 0.29) is 0 Å². The van der Waals surface area contributed by atoms with Crippen molar-refractivity contribution in [2.45, 2.75) is 40.0 Å². The van der Waals surface area contributed by atoms with Crippen molar-refractivity contribution in [3.05, 3.63) is 36.0 Å². The molecule has 0 aromatic rings. The molecule has 0 bridgehead atoms. The highest BCUT2D eigenvalue weighted by molar-refractivity contribution is 5.39. The summed E-state index contributed by atoms with van der Waals surface area (Å²) in [6, 6.07) is 0. The Kier molecular flexibility index (Phi) is 18.2. The van der Waals surface area contributed by atoms with Gasteiger partial charge in [-0.1, -0.05) is 64.0 Å².